The van der Waals surface area contributed by atoms with E-state index in [1.165, 1.54) is 0 Å². The normalized spacial score (nSPS) is 29.3. The van der Waals surface area contributed by atoms with Crippen molar-refractivity contribution in [2.45, 2.75) is 45.2 Å². The number of nitrogens with two attached hydrogens (primary N) is 1. The Kier molecular flexibility index (Phi) is 3.09. The Labute approximate surface area is 73.7 Å². The van der Waals surface area contributed by atoms with Gasteiger partial charge in [0.2, 0.25) is 5.91 Å². The zero-order valence-corrected chi connectivity index (χ0v) is 7.84. The molecule has 1 saturated carbocycles. The molecule has 0 unspecified atom stereocenters. The average molecular weight is 170 g/mol. The fraction of sp³-hybridized carbons (Fsp3) is 0.889. The molecule has 3 heteroatoms. The molecular weight excluding hydrogens is 152 g/mol. The summed E-state index contributed by atoms with van der Waals surface area (Å²) in [5.41, 5.74) is 5.71. The van der Waals surface area contributed by atoms with Crippen molar-refractivity contribution in [2.75, 3.05) is 0 Å². The highest BCUT2D eigenvalue weighted by Gasteiger charge is 2.27. The summed E-state index contributed by atoms with van der Waals surface area (Å²) in [7, 11) is 0. The summed E-state index contributed by atoms with van der Waals surface area (Å²) in [5.74, 6) is 0.348. The van der Waals surface area contributed by atoms with Crippen molar-refractivity contribution in [3.63, 3.8) is 0 Å². The number of rotatable bonds is 2. The second-order valence-electron chi connectivity index (χ2n) is 3.93. The molecule has 70 valence electrons. The third-order valence-corrected chi connectivity index (χ3v) is 2.27. The van der Waals surface area contributed by atoms with Gasteiger partial charge in [-0.2, -0.15) is 0 Å². The van der Waals surface area contributed by atoms with E-state index in [4.69, 9.17) is 5.73 Å². The topological polar surface area (TPSA) is 55.1 Å². The molecule has 1 amide bonds. The summed E-state index contributed by atoms with van der Waals surface area (Å²) >= 11 is 0. The second-order valence-corrected chi connectivity index (χ2v) is 3.93. The van der Waals surface area contributed by atoms with E-state index >= 15 is 0 Å². The predicted octanol–water partition coefficient (Wildman–Crippen LogP) is 0.638. The quantitative estimate of drug-likeness (QED) is 0.639. The first-order chi connectivity index (χ1) is 5.59. The van der Waals surface area contributed by atoms with Crippen molar-refractivity contribution in [1.29, 1.82) is 0 Å². The molecule has 0 spiro atoms. The number of hydrogen-bond acceptors (Lipinski definition) is 2. The van der Waals surface area contributed by atoms with Crippen LogP contribution in [0.25, 0.3) is 0 Å². The molecule has 12 heavy (non-hydrogen) atoms. The highest BCUT2D eigenvalue weighted by Crippen LogP contribution is 2.23. The van der Waals surface area contributed by atoms with Crippen LogP contribution < -0.4 is 11.1 Å². The minimum atomic E-state index is 0.169. The van der Waals surface area contributed by atoms with Gasteiger partial charge in [0.25, 0.3) is 0 Å². The summed E-state index contributed by atoms with van der Waals surface area (Å²) in [4.78, 5) is 11.4. The molecule has 0 bridgehead atoms. The Morgan fingerprint density at radius 2 is 2.17 bits per heavy atom. The molecule has 3 N–H and O–H groups in total. The van der Waals surface area contributed by atoms with Crippen molar-refractivity contribution in [2.24, 2.45) is 11.7 Å². The monoisotopic (exact) mass is 170 g/mol. The van der Waals surface area contributed by atoms with Gasteiger partial charge >= 0.3 is 0 Å². The fourth-order valence-electron chi connectivity index (χ4n) is 1.66. The average Bonchev–Trinajstić information content (AvgIpc) is 2.34. The maximum Gasteiger partial charge on any atom is 0.223 e. The van der Waals surface area contributed by atoms with Crippen LogP contribution in [0, 0.1) is 5.92 Å². The molecule has 1 aliphatic rings. The first-order valence-electron chi connectivity index (χ1n) is 4.65. The van der Waals surface area contributed by atoms with E-state index in [0.717, 1.165) is 19.3 Å². The van der Waals surface area contributed by atoms with Crippen LogP contribution in [0.3, 0.4) is 0 Å². The van der Waals surface area contributed by atoms with E-state index < -0.39 is 0 Å². The number of carbonyl (C=O) groups is 1. The lowest BCUT2D eigenvalue weighted by molar-refractivity contribution is -0.125. The van der Waals surface area contributed by atoms with E-state index in [0.29, 0.717) is 0 Å². The molecule has 0 aromatic heterocycles. The molecule has 0 heterocycles. The first kappa shape index (κ1) is 9.52. The van der Waals surface area contributed by atoms with Gasteiger partial charge in [-0.1, -0.05) is 0 Å². The van der Waals surface area contributed by atoms with Crippen LogP contribution in [0.1, 0.15) is 33.1 Å². The van der Waals surface area contributed by atoms with Gasteiger partial charge in [-0.25, -0.2) is 0 Å². The molecule has 0 radical (unpaired) electrons. The van der Waals surface area contributed by atoms with E-state index in [9.17, 15) is 4.79 Å². The highest BCUT2D eigenvalue weighted by molar-refractivity contribution is 5.79. The first-order valence-corrected chi connectivity index (χ1v) is 4.65. The summed E-state index contributed by atoms with van der Waals surface area (Å²) < 4.78 is 0. The standard InChI is InChI=1S/C9H18N2O/c1-6(2)11-9(12)7-3-4-8(10)5-7/h6-8H,3-5,10H2,1-2H3,(H,11,12)/t7-,8+/m1/s1. The summed E-state index contributed by atoms with van der Waals surface area (Å²) in [6.07, 6.45) is 2.81. The molecule has 1 rings (SSSR count). The molecular formula is C9H18N2O. The van der Waals surface area contributed by atoms with Crippen LogP contribution in [0.2, 0.25) is 0 Å². The molecule has 0 saturated heterocycles. The van der Waals surface area contributed by atoms with Crippen LogP contribution in [0.5, 0.6) is 0 Å². The molecule has 0 aromatic carbocycles. The molecule has 1 aliphatic carbocycles. The number of amides is 1. The number of hydrogen-bond donors (Lipinski definition) is 2. The second kappa shape index (κ2) is 3.90. The summed E-state index contributed by atoms with van der Waals surface area (Å²) in [5, 5.41) is 2.91. The van der Waals surface area contributed by atoms with Gasteiger partial charge < -0.3 is 11.1 Å². The van der Waals surface area contributed by atoms with Gasteiger partial charge in [0.1, 0.15) is 0 Å². The van der Waals surface area contributed by atoms with Crippen molar-refractivity contribution in [3.8, 4) is 0 Å². The molecule has 1 fully saturated rings. The van der Waals surface area contributed by atoms with Gasteiger partial charge in [-0.3, -0.25) is 4.79 Å². The molecule has 2 atom stereocenters. The third-order valence-electron chi connectivity index (χ3n) is 2.27. The lowest BCUT2D eigenvalue weighted by atomic mass is 10.1. The smallest absolute Gasteiger partial charge is 0.223 e. The van der Waals surface area contributed by atoms with Crippen LogP contribution in [0.4, 0.5) is 0 Å². The van der Waals surface area contributed by atoms with Crippen LogP contribution >= 0.6 is 0 Å². The Bertz CT molecular complexity index is 168. The van der Waals surface area contributed by atoms with Gasteiger partial charge in [-0.05, 0) is 33.1 Å². The summed E-state index contributed by atoms with van der Waals surface area (Å²) in [6, 6.07) is 0.488. The van der Waals surface area contributed by atoms with Gasteiger partial charge in [0.15, 0.2) is 0 Å². The Balaban J connectivity index is 2.33. The van der Waals surface area contributed by atoms with Crippen LogP contribution in [-0.2, 0) is 4.79 Å². The SMILES string of the molecule is CC(C)NC(=O)[C@@H]1CC[C@H](N)C1. The largest absolute Gasteiger partial charge is 0.354 e. The van der Waals surface area contributed by atoms with Crippen molar-refractivity contribution in [1.82, 2.24) is 5.32 Å². The zero-order valence-electron chi connectivity index (χ0n) is 7.84. The predicted molar refractivity (Wildman–Crippen MR) is 48.6 cm³/mol. The Morgan fingerprint density at radius 1 is 1.50 bits per heavy atom. The minimum absolute atomic E-state index is 0.169. The fourth-order valence-corrected chi connectivity index (χ4v) is 1.66. The van der Waals surface area contributed by atoms with Crippen molar-refractivity contribution < 1.29 is 4.79 Å². The third kappa shape index (κ3) is 2.48. The number of carbonyl (C=O) groups excluding carboxylic acids is 1. The minimum Gasteiger partial charge on any atom is -0.354 e. The van der Waals surface area contributed by atoms with Crippen molar-refractivity contribution >= 4 is 5.91 Å². The zero-order chi connectivity index (χ0) is 9.14. The maximum absolute atomic E-state index is 11.4. The van der Waals surface area contributed by atoms with Crippen LogP contribution in [-0.4, -0.2) is 18.0 Å². The maximum atomic E-state index is 11.4. The number of nitrogens with one attached hydrogen (secondary N) is 1. The summed E-state index contributed by atoms with van der Waals surface area (Å²) in [6.45, 7) is 3.96. The van der Waals surface area contributed by atoms with Gasteiger partial charge in [-0.15, -0.1) is 0 Å². The molecule has 3 nitrogen and oxygen atoms in total. The molecule has 0 aromatic rings. The molecule has 0 aliphatic heterocycles. The van der Waals surface area contributed by atoms with Crippen molar-refractivity contribution in [3.05, 3.63) is 0 Å². The van der Waals surface area contributed by atoms with Gasteiger partial charge in [0.05, 0.1) is 0 Å². The van der Waals surface area contributed by atoms with Gasteiger partial charge in [0, 0.05) is 18.0 Å². The highest BCUT2D eigenvalue weighted by atomic mass is 16.1. The Hall–Kier alpha value is -0.570. The van der Waals surface area contributed by atoms with E-state index in [1.54, 1.807) is 0 Å². The van der Waals surface area contributed by atoms with E-state index in [1.807, 2.05) is 13.8 Å². The lowest BCUT2D eigenvalue weighted by Crippen LogP contribution is -2.35. The van der Waals surface area contributed by atoms with E-state index in [2.05, 4.69) is 5.32 Å². The van der Waals surface area contributed by atoms with Crippen LogP contribution in [0.15, 0.2) is 0 Å². The Morgan fingerprint density at radius 3 is 2.58 bits per heavy atom. The lowest BCUT2D eigenvalue weighted by Gasteiger charge is -2.12. The van der Waals surface area contributed by atoms with E-state index in [-0.39, 0.29) is 23.9 Å².